The minimum absolute atomic E-state index is 0.179. The van der Waals surface area contributed by atoms with Crippen molar-refractivity contribution in [2.45, 2.75) is 55.5 Å². The van der Waals surface area contributed by atoms with Gasteiger partial charge in [-0.05, 0) is 31.9 Å². The average molecular weight is 501 g/mol. The van der Waals surface area contributed by atoms with Crippen LogP contribution in [0.1, 0.15) is 36.8 Å². The summed E-state index contributed by atoms with van der Waals surface area (Å²) in [5, 5.41) is 11.5. The van der Waals surface area contributed by atoms with Crippen LogP contribution in [0, 0.1) is 0 Å². The lowest BCUT2D eigenvalue weighted by atomic mass is 9.94. The van der Waals surface area contributed by atoms with Gasteiger partial charge in [0.05, 0.1) is 30.0 Å². The molecule has 1 aromatic carbocycles. The highest BCUT2D eigenvalue weighted by atomic mass is 32.2. The van der Waals surface area contributed by atoms with Gasteiger partial charge in [0.2, 0.25) is 0 Å². The molecular formula is C23H24N4O3S3. The molecule has 0 amide bonds. The first-order valence-corrected chi connectivity index (χ1v) is 13.5. The van der Waals surface area contributed by atoms with Gasteiger partial charge in [-0.1, -0.05) is 53.9 Å². The maximum absolute atomic E-state index is 12.0. The number of fused-ring (bicyclic) bond motifs is 5. The Balaban J connectivity index is 1.60. The fourth-order valence-electron chi connectivity index (χ4n) is 3.83. The number of ether oxygens (including phenoxy) is 2. The highest BCUT2D eigenvalue weighted by Gasteiger charge is 2.31. The standard InChI is InChI=1S/C23H24N4O3S3/c1-4-29-17(28)13-32-22-26-25-19-18-15-10-23(2,3)30-11-16(15)33-20(18)24-21(27(19)22)31-12-14-8-6-5-7-9-14/h5-9H,4,10-13H2,1-3H3. The number of hydrogen-bond acceptors (Lipinski definition) is 9. The first-order valence-electron chi connectivity index (χ1n) is 10.7. The third-order valence-corrected chi connectivity index (χ3v) is 8.36. The second kappa shape index (κ2) is 9.25. The van der Waals surface area contributed by atoms with Crippen molar-refractivity contribution in [2.75, 3.05) is 12.4 Å². The molecule has 0 unspecified atom stereocenters. The van der Waals surface area contributed by atoms with Crippen molar-refractivity contribution < 1.29 is 14.3 Å². The van der Waals surface area contributed by atoms with E-state index >= 15 is 0 Å². The van der Waals surface area contributed by atoms with Gasteiger partial charge in [-0.25, -0.2) is 9.38 Å². The summed E-state index contributed by atoms with van der Waals surface area (Å²) in [5.74, 6) is 0.687. The molecule has 4 heterocycles. The van der Waals surface area contributed by atoms with E-state index in [4.69, 9.17) is 14.5 Å². The molecule has 3 aromatic heterocycles. The number of benzene rings is 1. The third kappa shape index (κ3) is 4.62. The van der Waals surface area contributed by atoms with E-state index in [1.165, 1.54) is 27.8 Å². The first kappa shape index (κ1) is 22.6. The van der Waals surface area contributed by atoms with Crippen molar-refractivity contribution in [1.82, 2.24) is 19.6 Å². The van der Waals surface area contributed by atoms with E-state index in [2.05, 4.69) is 36.2 Å². The van der Waals surface area contributed by atoms with Crippen LogP contribution in [0.3, 0.4) is 0 Å². The van der Waals surface area contributed by atoms with Crippen LogP contribution in [-0.2, 0) is 33.0 Å². The quantitative estimate of drug-likeness (QED) is 0.196. The molecule has 0 N–H and O–H groups in total. The van der Waals surface area contributed by atoms with Crippen LogP contribution in [0.5, 0.6) is 0 Å². The monoisotopic (exact) mass is 500 g/mol. The van der Waals surface area contributed by atoms with E-state index in [1.807, 2.05) is 22.6 Å². The highest BCUT2D eigenvalue weighted by molar-refractivity contribution is 8.00. The zero-order valence-electron chi connectivity index (χ0n) is 18.7. The van der Waals surface area contributed by atoms with Crippen LogP contribution in [0.4, 0.5) is 0 Å². The Morgan fingerprint density at radius 3 is 2.82 bits per heavy atom. The van der Waals surface area contributed by atoms with Crippen molar-refractivity contribution in [2.24, 2.45) is 0 Å². The smallest absolute Gasteiger partial charge is 0.316 e. The lowest BCUT2D eigenvalue weighted by Crippen LogP contribution is -2.31. The van der Waals surface area contributed by atoms with Crippen molar-refractivity contribution in [1.29, 1.82) is 0 Å². The third-order valence-electron chi connectivity index (χ3n) is 5.35. The predicted molar refractivity (Wildman–Crippen MR) is 132 cm³/mol. The average Bonchev–Trinajstić information content (AvgIpc) is 3.37. The Bertz CT molecular complexity index is 1320. The van der Waals surface area contributed by atoms with Crippen LogP contribution in [0.15, 0.2) is 40.6 Å². The topological polar surface area (TPSA) is 78.6 Å². The van der Waals surface area contributed by atoms with E-state index < -0.39 is 0 Å². The van der Waals surface area contributed by atoms with Gasteiger partial charge in [0.15, 0.2) is 16.0 Å². The summed E-state index contributed by atoms with van der Waals surface area (Å²) in [4.78, 5) is 19.2. The van der Waals surface area contributed by atoms with Crippen LogP contribution >= 0.6 is 34.9 Å². The highest BCUT2D eigenvalue weighted by Crippen LogP contribution is 2.41. The summed E-state index contributed by atoms with van der Waals surface area (Å²) in [5.41, 5.74) is 3.02. The van der Waals surface area contributed by atoms with Gasteiger partial charge in [-0.3, -0.25) is 4.79 Å². The number of thiophene rings is 1. The van der Waals surface area contributed by atoms with Crippen LogP contribution in [-0.4, -0.2) is 43.5 Å². The van der Waals surface area contributed by atoms with Crippen LogP contribution in [0.2, 0.25) is 0 Å². The molecule has 0 fully saturated rings. The molecule has 4 aromatic rings. The first-order chi connectivity index (χ1) is 15.9. The maximum atomic E-state index is 12.0. The van der Waals surface area contributed by atoms with Gasteiger partial charge in [0.1, 0.15) is 4.83 Å². The molecule has 33 heavy (non-hydrogen) atoms. The summed E-state index contributed by atoms with van der Waals surface area (Å²) < 4.78 is 13.1. The molecule has 0 radical (unpaired) electrons. The lowest BCUT2D eigenvalue weighted by molar-refractivity contribution is -0.139. The van der Waals surface area contributed by atoms with E-state index in [1.54, 1.807) is 30.0 Å². The van der Waals surface area contributed by atoms with E-state index in [9.17, 15) is 4.79 Å². The normalized spacial score (nSPS) is 15.1. The maximum Gasteiger partial charge on any atom is 0.316 e. The molecule has 0 bridgehead atoms. The van der Waals surface area contributed by atoms with Gasteiger partial charge >= 0.3 is 5.97 Å². The Morgan fingerprint density at radius 1 is 1.21 bits per heavy atom. The fraction of sp³-hybridized carbons (Fsp3) is 0.391. The molecule has 1 aliphatic rings. The van der Waals surface area contributed by atoms with Gasteiger partial charge in [0, 0.05) is 17.1 Å². The van der Waals surface area contributed by atoms with Crippen LogP contribution < -0.4 is 0 Å². The number of esters is 1. The minimum Gasteiger partial charge on any atom is -0.465 e. The molecule has 10 heteroatoms. The number of nitrogens with zero attached hydrogens (tertiary/aromatic N) is 4. The largest absolute Gasteiger partial charge is 0.465 e. The molecule has 5 rings (SSSR count). The van der Waals surface area contributed by atoms with Gasteiger partial charge < -0.3 is 9.47 Å². The van der Waals surface area contributed by atoms with Gasteiger partial charge in [-0.15, -0.1) is 21.5 Å². The molecule has 7 nitrogen and oxygen atoms in total. The summed E-state index contributed by atoms with van der Waals surface area (Å²) in [6, 6.07) is 10.3. The summed E-state index contributed by atoms with van der Waals surface area (Å²) in [6.07, 6.45) is 0.800. The molecular weight excluding hydrogens is 476 g/mol. The Morgan fingerprint density at radius 2 is 2.03 bits per heavy atom. The summed E-state index contributed by atoms with van der Waals surface area (Å²) in [7, 11) is 0. The van der Waals surface area contributed by atoms with E-state index in [0.29, 0.717) is 18.4 Å². The second-order valence-electron chi connectivity index (χ2n) is 8.31. The number of rotatable bonds is 7. The number of thioether (sulfide) groups is 2. The number of carbonyl (C=O) groups excluding carboxylic acids is 1. The molecule has 0 saturated carbocycles. The Hall–Kier alpha value is -2.14. The number of carbonyl (C=O) groups is 1. The predicted octanol–water partition coefficient (Wildman–Crippen LogP) is 5.14. The molecule has 1 aliphatic heterocycles. The molecule has 0 spiro atoms. The van der Waals surface area contributed by atoms with Crippen molar-refractivity contribution in [3.8, 4) is 0 Å². The minimum atomic E-state index is -0.265. The molecule has 0 saturated heterocycles. The molecule has 0 aliphatic carbocycles. The Kier molecular flexibility index (Phi) is 6.34. The Labute approximate surface area is 204 Å². The van der Waals surface area contributed by atoms with Crippen molar-refractivity contribution in [3.63, 3.8) is 0 Å². The summed E-state index contributed by atoms with van der Waals surface area (Å²) in [6.45, 7) is 6.97. The number of aromatic nitrogens is 4. The molecule has 0 atom stereocenters. The van der Waals surface area contributed by atoms with E-state index in [0.717, 1.165) is 33.2 Å². The zero-order chi connectivity index (χ0) is 23.0. The second-order valence-corrected chi connectivity index (χ2v) is 11.3. The van der Waals surface area contributed by atoms with Gasteiger partial charge in [0.25, 0.3) is 0 Å². The number of hydrogen-bond donors (Lipinski definition) is 0. The van der Waals surface area contributed by atoms with Crippen molar-refractivity contribution in [3.05, 3.63) is 46.3 Å². The summed E-state index contributed by atoms with van der Waals surface area (Å²) >= 11 is 4.65. The fourth-order valence-corrected chi connectivity index (χ4v) is 6.72. The van der Waals surface area contributed by atoms with E-state index in [-0.39, 0.29) is 17.3 Å². The molecule has 172 valence electrons. The lowest BCUT2D eigenvalue weighted by Gasteiger charge is -2.30. The van der Waals surface area contributed by atoms with Crippen molar-refractivity contribution >= 4 is 56.7 Å². The van der Waals surface area contributed by atoms with Crippen LogP contribution in [0.25, 0.3) is 15.9 Å². The van der Waals surface area contributed by atoms with Gasteiger partial charge in [-0.2, -0.15) is 0 Å². The SMILES string of the molecule is CCOC(=O)CSc1nnc2c3c4c(sc3nc(SCc3ccccc3)n12)COC(C)(C)C4. The zero-order valence-corrected chi connectivity index (χ0v) is 21.1.